The van der Waals surface area contributed by atoms with Crippen LogP contribution in [-0.2, 0) is 16.1 Å². The standard InChI is InChI=1S/C18H15BrF3N5O2/c1-16(9-23,10-27-8-14-13(26-27)6-11(19)7-25-14)17(15(24)28)4-2-12(3-5-17)29-18(20,21)22/h2-4,6-8H,5,10H2,1H3,(H2,24,28). The zero-order chi connectivity index (χ0) is 21.4. The van der Waals surface area contributed by atoms with E-state index >= 15 is 0 Å². The van der Waals surface area contributed by atoms with Crippen LogP contribution in [0.2, 0.25) is 0 Å². The van der Waals surface area contributed by atoms with E-state index in [0.29, 0.717) is 11.0 Å². The number of allylic oxidation sites excluding steroid dienone is 2. The number of nitrogens with zero attached hydrogens (tertiary/aromatic N) is 4. The Morgan fingerprint density at radius 3 is 2.76 bits per heavy atom. The molecule has 2 aromatic heterocycles. The molecule has 0 aromatic carbocycles. The molecule has 3 rings (SSSR count). The molecule has 2 unspecified atom stereocenters. The van der Waals surface area contributed by atoms with Crippen molar-refractivity contribution in [2.24, 2.45) is 16.6 Å². The van der Waals surface area contributed by atoms with Gasteiger partial charge in [0.05, 0.1) is 29.6 Å². The van der Waals surface area contributed by atoms with Crippen molar-refractivity contribution in [1.82, 2.24) is 14.8 Å². The molecular formula is C18H15BrF3N5O2. The van der Waals surface area contributed by atoms with E-state index in [9.17, 15) is 23.2 Å². The fourth-order valence-electron chi connectivity index (χ4n) is 3.30. The topological polar surface area (TPSA) is 107 Å². The molecule has 2 N–H and O–H groups in total. The van der Waals surface area contributed by atoms with E-state index in [1.54, 1.807) is 18.5 Å². The Balaban J connectivity index is 1.95. The third kappa shape index (κ3) is 3.98. The van der Waals surface area contributed by atoms with Crippen LogP contribution in [0, 0.1) is 22.2 Å². The Morgan fingerprint density at radius 1 is 1.48 bits per heavy atom. The van der Waals surface area contributed by atoms with Crippen molar-refractivity contribution in [1.29, 1.82) is 5.26 Å². The molecule has 1 aliphatic carbocycles. The van der Waals surface area contributed by atoms with Gasteiger partial charge < -0.3 is 10.5 Å². The highest BCUT2D eigenvalue weighted by Gasteiger charge is 2.52. The predicted molar refractivity (Wildman–Crippen MR) is 99.6 cm³/mol. The molecule has 0 fully saturated rings. The molecule has 2 atom stereocenters. The molecule has 0 bridgehead atoms. The highest BCUT2D eigenvalue weighted by Crippen LogP contribution is 2.47. The van der Waals surface area contributed by atoms with Gasteiger partial charge in [-0.2, -0.15) is 10.4 Å². The van der Waals surface area contributed by atoms with E-state index in [2.05, 4.69) is 36.8 Å². The monoisotopic (exact) mass is 469 g/mol. The van der Waals surface area contributed by atoms with Crippen LogP contribution < -0.4 is 5.73 Å². The molecule has 1 aliphatic rings. The molecule has 11 heteroatoms. The van der Waals surface area contributed by atoms with Gasteiger partial charge in [0.2, 0.25) is 5.91 Å². The first-order chi connectivity index (χ1) is 13.5. The normalized spacial score (nSPS) is 21.3. The average Bonchev–Trinajstić information content (AvgIpc) is 3.01. The lowest BCUT2D eigenvalue weighted by atomic mass is 9.61. The summed E-state index contributed by atoms with van der Waals surface area (Å²) < 4.78 is 43.4. The van der Waals surface area contributed by atoms with Gasteiger partial charge in [0.25, 0.3) is 0 Å². The fourth-order valence-corrected chi connectivity index (χ4v) is 3.62. The molecule has 29 heavy (non-hydrogen) atoms. The maximum atomic E-state index is 12.4. The minimum atomic E-state index is -4.86. The zero-order valence-corrected chi connectivity index (χ0v) is 16.7. The number of alkyl halides is 3. The van der Waals surface area contributed by atoms with Gasteiger partial charge in [-0.15, -0.1) is 13.2 Å². The van der Waals surface area contributed by atoms with Crippen LogP contribution in [0.15, 0.2) is 46.9 Å². The summed E-state index contributed by atoms with van der Waals surface area (Å²) >= 11 is 3.30. The van der Waals surface area contributed by atoms with Gasteiger partial charge in [0.1, 0.15) is 16.8 Å². The van der Waals surface area contributed by atoms with Crippen molar-refractivity contribution in [2.75, 3.05) is 0 Å². The second kappa shape index (κ2) is 7.18. The number of hydrogen-bond acceptors (Lipinski definition) is 5. The van der Waals surface area contributed by atoms with E-state index in [-0.39, 0.29) is 13.0 Å². The minimum absolute atomic E-state index is 0.0337. The van der Waals surface area contributed by atoms with Crippen LogP contribution in [0.5, 0.6) is 0 Å². The lowest BCUT2D eigenvalue weighted by Crippen LogP contribution is -2.50. The Bertz CT molecular complexity index is 1070. The number of nitrogens with two attached hydrogens (primary N) is 1. The van der Waals surface area contributed by atoms with Crippen LogP contribution in [0.4, 0.5) is 13.2 Å². The van der Waals surface area contributed by atoms with E-state index < -0.39 is 28.9 Å². The Hall–Kier alpha value is -2.87. The zero-order valence-electron chi connectivity index (χ0n) is 15.1. The molecule has 7 nitrogen and oxygen atoms in total. The van der Waals surface area contributed by atoms with Gasteiger partial charge in [-0.3, -0.25) is 14.5 Å². The fraction of sp³-hybridized carbons (Fsp3) is 0.333. The molecule has 0 aliphatic heterocycles. The number of primary amides is 1. The van der Waals surface area contributed by atoms with Crippen LogP contribution in [-0.4, -0.2) is 27.0 Å². The summed E-state index contributed by atoms with van der Waals surface area (Å²) in [6, 6.07) is 3.85. The number of nitriles is 1. The summed E-state index contributed by atoms with van der Waals surface area (Å²) in [5.41, 5.74) is 3.81. The largest absolute Gasteiger partial charge is 0.573 e. The number of fused-ring (bicyclic) bond motifs is 1. The highest BCUT2D eigenvalue weighted by atomic mass is 79.9. The maximum absolute atomic E-state index is 12.4. The van der Waals surface area contributed by atoms with Gasteiger partial charge >= 0.3 is 6.36 Å². The van der Waals surface area contributed by atoms with Gasteiger partial charge in [0.15, 0.2) is 0 Å². The lowest BCUT2D eigenvalue weighted by Gasteiger charge is -2.40. The number of ether oxygens (including phenoxy) is 1. The van der Waals surface area contributed by atoms with Crippen molar-refractivity contribution < 1.29 is 22.7 Å². The third-order valence-corrected chi connectivity index (χ3v) is 5.35. The van der Waals surface area contributed by atoms with Crippen LogP contribution in [0.1, 0.15) is 13.3 Å². The maximum Gasteiger partial charge on any atom is 0.573 e. The number of amides is 1. The molecule has 152 valence electrons. The second-order valence-electron chi connectivity index (χ2n) is 6.86. The first-order valence-corrected chi connectivity index (χ1v) is 9.12. The number of hydrogen-bond donors (Lipinski definition) is 1. The summed E-state index contributed by atoms with van der Waals surface area (Å²) in [5, 5.41) is 14.3. The second-order valence-corrected chi connectivity index (χ2v) is 7.77. The summed E-state index contributed by atoms with van der Waals surface area (Å²) in [4.78, 5) is 16.6. The van der Waals surface area contributed by atoms with E-state index in [0.717, 1.165) is 16.6 Å². The number of pyridine rings is 1. The molecule has 1 amide bonds. The molecule has 0 saturated carbocycles. The van der Waals surface area contributed by atoms with Crippen LogP contribution >= 0.6 is 15.9 Å². The van der Waals surface area contributed by atoms with E-state index in [4.69, 9.17) is 5.73 Å². The Labute approximate surface area is 171 Å². The SMILES string of the molecule is CC(C#N)(Cn1cc2ncc(Br)cc2n1)C1(C(N)=O)C=CC(OC(F)(F)F)=CC1. The van der Waals surface area contributed by atoms with Gasteiger partial charge in [0, 0.05) is 10.7 Å². The molecule has 2 aromatic rings. The summed E-state index contributed by atoms with van der Waals surface area (Å²) in [5.74, 6) is -1.30. The van der Waals surface area contributed by atoms with Crippen LogP contribution in [0.3, 0.4) is 0 Å². The third-order valence-electron chi connectivity index (χ3n) is 4.91. The smallest absolute Gasteiger partial charge is 0.406 e. The predicted octanol–water partition coefficient (Wildman–Crippen LogP) is 3.58. The van der Waals surface area contributed by atoms with Crippen molar-refractivity contribution in [3.8, 4) is 6.07 Å². The minimum Gasteiger partial charge on any atom is -0.406 e. The van der Waals surface area contributed by atoms with Gasteiger partial charge in [-0.1, -0.05) is 6.08 Å². The lowest BCUT2D eigenvalue weighted by molar-refractivity contribution is -0.303. The number of carbonyl (C=O) groups is 1. The highest BCUT2D eigenvalue weighted by molar-refractivity contribution is 9.10. The molecule has 0 saturated heterocycles. The number of aromatic nitrogens is 3. The number of rotatable bonds is 5. The van der Waals surface area contributed by atoms with Crippen molar-refractivity contribution in [2.45, 2.75) is 26.3 Å². The van der Waals surface area contributed by atoms with Crippen molar-refractivity contribution in [3.63, 3.8) is 0 Å². The average molecular weight is 470 g/mol. The first kappa shape index (κ1) is 20.9. The van der Waals surface area contributed by atoms with Gasteiger partial charge in [-0.25, -0.2) is 0 Å². The summed E-state index contributed by atoms with van der Waals surface area (Å²) in [6.45, 7) is 1.48. The quantitative estimate of drug-likeness (QED) is 0.719. The Kier molecular flexibility index (Phi) is 5.17. The molecule has 2 heterocycles. The number of carbonyl (C=O) groups excluding carboxylic acids is 1. The number of halogens is 4. The Morgan fingerprint density at radius 2 is 2.21 bits per heavy atom. The summed E-state index contributed by atoms with van der Waals surface area (Å²) in [6.07, 6.45) is 1.45. The van der Waals surface area contributed by atoms with E-state index in [1.807, 2.05) is 0 Å². The van der Waals surface area contributed by atoms with Gasteiger partial charge in [-0.05, 0) is 47.5 Å². The van der Waals surface area contributed by atoms with Crippen molar-refractivity contribution >= 4 is 32.9 Å². The molecule has 0 spiro atoms. The van der Waals surface area contributed by atoms with E-state index in [1.165, 1.54) is 17.7 Å². The molecule has 0 radical (unpaired) electrons. The molecular weight excluding hydrogens is 455 g/mol. The van der Waals surface area contributed by atoms with Crippen LogP contribution in [0.25, 0.3) is 11.0 Å². The van der Waals surface area contributed by atoms with Crippen molar-refractivity contribution in [3.05, 3.63) is 46.9 Å². The summed E-state index contributed by atoms with van der Waals surface area (Å²) in [7, 11) is 0. The first-order valence-electron chi connectivity index (χ1n) is 8.33.